The first kappa shape index (κ1) is 19.9. The van der Waals surface area contributed by atoms with Gasteiger partial charge in [-0.1, -0.05) is 56.0 Å². The summed E-state index contributed by atoms with van der Waals surface area (Å²) in [7, 11) is -3.81. The molecule has 1 aromatic rings. The number of nitrogens with one attached hydrogen (secondary N) is 1. The summed E-state index contributed by atoms with van der Waals surface area (Å²) < 4.78 is 26.8. The molecule has 6 nitrogen and oxygen atoms in total. The van der Waals surface area contributed by atoms with E-state index in [4.69, 9.17) is 0 Å². The number of likely N-dealkylation sites (tertiary alicyclic amines) is 1. The van der Waals surface area contributed by atoms with Gasteiger partial charge in [-0.2, -0.15) is 0 Å². The summed E-state index contributed by atoms with van der Waals surface area (Å²) in [5.74, 6) is -0.308. The highest BCUT2D eigenvalue weighted by Gasteiger charge is 2.50. The van der Waals surface area contributed by atoms with Crippen molar-refractivity contribution in [3.05, 3.63) is 35.9 Å². The minimum atomic E-state index is -3.81. The fourth-order valence-electron chi connectivity index (χ4n) is 4.04. The van der Waals surface area contributed by atoms with E-state index in [9.17, 15) is 18.0 Å². The number of hydrogen-bond donors (Lipinski definition) is 1. The summed E-state index contributed by atoms with van der Waals surface area (Å²) in [6, 6.07) is 8.72. The third-order valence-electron chi connectivity index (χ3n) is 5.90. The van der Waals surface area contributed by atoms with Crippen LogP contribution >= 0.6 is 0 Å². The van der Waals surface area contributed by atoms with E-state index < -0.39 is 21.5 Å². The number of hydrogen-bond acceptors (Lipinski definition) is 4. The Balaban J connectivity index is 1.57. The Kier molecular flexibility index (Phi) is 5.89. The molecule has 3 rings (SSSR count). The van der Waals surface area contributed by atoms with Gasteiger partial charge >= 0.3 is 0 Å². The summed E-state index contributed by atoms with van der Waals surface area (Å²) in [6.07, 6.45) is 6.62. The molecule has 0 spiro atoms. The first-order valence-corrected chi connectivity index (χ1v) is 11.3. The molecular formula is C20H28N2O4S. The molecule has 1 saturated heterocycles. The van der Waals surface area contributed by atoms with Gasteiger partial charge in [-0.25, -0.2) is 8.42 Å². The Morgan fingerprint density at radius 2 is 1.85 bits per heavy atom. The fraction of sp³-hybridized carbons (Fsp3) is 0.600. The zero-order valence-corrected chi connectivity index (χ0v) is 16.6. The second kappa shape index (κ2) is 8.00. The number of amides is 2. The molecule has 1 aliphatic carbocycles. The molecular weight excluding hydrogens is 364 g/mol. The SMILES string of the molecule is CC1(C(=O)NS(=O)(=O)Cc2ccccc2)CCN1C(=O)CCC1CCCC1. The van der Waals surface area contributed by atoms with Crippen molar-refractivity contribution in [2.24, 2.45) is 5.92 Å². The zero-order chi connectivity index (χ0) is 19.5. The number of sulfonamides is 1. The van der Waals surface area contributed by atoms with Crippen LogP contribution in [0.4, 0.5) is 0 Å². The Morgan fingerprint density at radius 3 is 2.44 bits per heavy atom. The molecule has 0 radical (unpaired) electrons. The molecule has 2 aliphatic rings. The predicted octanol–water partition coefficient (Wildman–Crippen LogP) is 2.59. The van der Waals surface area contributed by atoms with E-state index in [0.717, 1.165) is 6.42 Å². The molecule has 1 unspecified atom stereocenters. The molecule has 0 bridgehead atoms. The topological polar surface area (TPSA) is 83.6 Å². The van der Waals surface area contributed by atoms with E-state index in [1.165, 1.54) is 30.6 Å². The Labute approximate surface area is 161 Å². The lowest BCUT2D eigenvalue weighted by Gasteiger charge is -2.49. The maximum atomic E-state index is 12.6. The van der Waals surface area contributed by atoms with Gasteiger partial charge in [-0.05, 0) is 31.2 Å². The summed E-state index contributed by atoms with van der Waals surface area (Å²) in [5.41, 5.74) is -0.461. The summed E-state index contributed by atoms with van der Waals surface area (Å²) >= 11 is 0. The zero-order valence-electron chi connectivity index (χ0n) is 15.8. The van der Waals surface area contributed by atoms with Crippen molar-refractivity contribution in [3.63, 3.8) is 0 Å². The van der Waals surface area contributed by atoms with E-state index in [1.807, 2.05) is 0 Å². The van der Waals surface area contributed by atoms with Crippen LogP contribution in [-0.2, 0) is 25.4 Å². The summed E-state index contributed by atoms with van der Waals surface area (Å²) in [6.45, 7) is 2.16. The third kappa shape index (κ3) is 4.69. The number of carbonyl (C=O) groups is 2. The van der Waals surface area contributed by atoms with Gasteiger partial charge in [-0.3, -0.25) is 14.3 Å². The number of nitrogens with zero attached hydrogens (tertiary/aromatic N) is 1. The van der Waals surface area contributed by atoms with Crippen LogP contribution in [0, 0.1) is 5.92 Å². The van der Waals surface area contributed by atoms with Crippen LogP contribution in [0.3, 0.4) is 0 Å². The Hall–Kier alpha value is -1.89. The van der Waals surface area contributed by atoms with Crippen LogP contribution < -0.4 is 4.72 Å². The van der Waals surface area contributed by atoms with Crippen molar-refractivity contribution in [3.8, 4) is 0 Å². The fourth-order valence-corrected chi connectivity index (χ4v) is 5.24. The van der Waals surface area contributed by atoms with Crippen LogP contribution in [0.5, 0.6) is 0 Å². The largest absolute Gasteiger partial charge is 0.328 e. The number of rotatable bonds is 7. The van der Waals surface area contributed by atoms with E-state index >= 15 is 0 Å². The molecule has 1 heterocycles. The van der Waals surface area contributed by atoms with Crippen LogP contribution in [-0.4, -0.2) is 37.2 Å². The van der Waals surface area contributed by atoms with Crippen LogP contribution in [0.25, 0.3) is 0 Å². The molecule has 2 amide bonds. The highest BCUT2D eigenvalue weighted by Crippen LogP contribution is 2.34. The summed E-state index contributed by atoms with van der Waals surface area (Å²) in [5, 5.41) is 0. The Bertz CT molecular complexity index is 787. The van der Waals surface area contributed by atoms with Crippen molar-refractivity contribution in [1.29, 1.82) is 0 Å². The second-order valence-electron chi connectivity index (χ2n) is 7.93. The third-order valence-corrected chi connectivity index (χ3v) is 7.11. The van der Waals surface area contributed by atoms with Crippen LogP contribution in [0.1, 0.15) is 57.4 Å². The average molecular weight is 393 g/mol. The van der Waals surface area contributed by atoms with E-state index in [0.29, 0.717) is 30.9 Å². The van der Waals surface area contributed by atoms with Gasteiger partial charge in [0.05, 0.1) is 5.75 Å². The summed E-state index contributed by atoms with van der Waals surface area (Å²) in [4.78, 5) is 26.7. The van der Waals surface area contributed by atoms with Crippen molar-refractivity contribution in [1.82, 2.24) is 9.62 Å². The smallest absolute Gasteiger partial charge is 0.259 e. The van der Waals surface area contributed by atoms with Gasteiger partial charge < -0.3 is 4.90 Å². The minimum Gasteiger partial charge on any atom is -0.328 e. The molecule has 27 heavy (non-hydrogen) atoms. The molecule has 148 valence electrons. The molecule has 1 atom stereocenters. The van der Waals surface area contributed by atoms with Crippen molar-refractivity contribution in [2.75, 3.05) is 6.54 Å². The van der Waals surface area contributed by atoms with E-state index in [-0.39, 0.29) is 11.7 Å². The molecule has 2 fully saturated rings. The highest BCUT2D eigenvalue weighted by atomic mass is 32.2. The first-order chi connectivity index (χ1) is 12.8. The van der Waals surface area contributed by atoms with Crippen LogP contribution in [0.2, 0.25) is 0 Å². The van der Waals surface area contributed by atoms with Gasteiger partial charge in [0.15, 0.2) is 0 Å². The van der Waals surface area contributed by atoms with Crippen molar-refractivity contribution < 1.29 is 18.0 Å². The molecule has 0 aromatic heterocycles. The molecule has 1 aliphatic heterocycles. The number of benzene rings is 1. The quantitative estimate of drug-likeness (QED) is 0.773. The van der Waals surface area contributed by atoms with Gasteiger partial charge in [0.2, 0.25) is 15.9 Å². The Morgan fingerprint density at radius 1 is 1.19 bits per heavy atom. The average Bonchev–Trinajstić information content (AvgIpc) is 3.11. The van der Waals surface area contributed by atoms with Crippen molar-refractivity contribution >= 4 is 21.8 Å². The monoisotopic (exact) mass is 392 g/mol. The minimum absolute atomic E-state index is 0.0498. The normalized spacial score (nSPS) is 23.1. The maximum Gasteiger partial charge on any atom is 0.259 e. The lowest BCUT2D eigenvalue weighted by molar-refractivity contribution is -0.156. The predicted molar refractivity (Wildman–Crippen MR) is 103 cm³/mol. The molecule has 1 N–H and O–H groups in total. The molecule has 7 heteroatoms. The van der Waals surface area contributed by atoms with Crippen LogP contribution in [0.15, 0.2) is 30.3 Å². The standard InChI is InChI=1S/C20H28N2O4S/c1-20(13-14-22(20)18(23)12-11-16-7-5-6-8-16)19(24)21-27(25,26)15-17-9-3-2-4-10-17/h2-4,9-10,16H,5-8,11-15H2,1H3,(H,21,24). The molecule has 1 saturated carbocycles. The van der Waals surface area contributed by atoms with Gasteiger partial charge in [0.25, 0.3) is 5.91 Å². The second-order valence-corrected chi connectivity index (χ2v) is 9.66. The lowest BCUT2D eigenvalue weighted by atomic mass is 9.85. The van der Waals surface area contributed by atoms with Gasteiger partial charge in [0, 0.05) is 13.0 Å². The first-order valence-electron chi connectivity index (χ1n) is 9.69. The molecule has 1 aromatic carbocycles. The van der Waals surface area contributed by atoms with Crippen molar-refractivity contribution in [2.45, 2.75) is 63.2 Å². The van der Waals surface area contributed by atoms with Gasteiger partial charge in [0.1, 0.15) is 5.54 Å². The van der Waals surface area contributed by atoms with E-state index in [2.05, 4.69) is 4.72 Å². The van der Waals surface area contributed by atoms with Gasteiger partial charge in [-0.15, -0.1) is 0 Å². The van der Waals surface area contributed by atoms with E-state index in [1.54, 1.807) is 37.3 Å². The highest BCUT2D eigenvalue weighted by molar-refractivity contribution is 7.89. The maximum absolute atomic E-state index is 12.6. The lowest BCUT2D eigenvalue weighted by Crippen LogP contribution is -2.67. The number of carbonyl (C=O) groups excluding carboxylic acids is 2.